The van der Waals surface area contributed by atoms with Crippen molar-refractivity contribution in [3.05, 3.63) is 76.6 Å². The van der Waals surface area contributed by atoms with E-state index < -0.39 is 16.7 Å². The molecular weight excluding hydrogens is 368 g/mol. The van der Waals surface area contributed by atoms with E-state index in [1.165, 1.54) is 29.2 Å². The van der Waals surface area contributed by atoms with Crippen molar-refractivity contribution in [3.63, 3.8) is 0 Å². The smallest absolute Gasteiger partial charge is 0.271 e. The van der Waals surface area contributed by atoms with Crippen molar-refractivity contribution in [3.8, 4) is 5.69 Å². The number of nitro groups is 1. The molecule has 9 heteroatoms. The van der Waals surface area contributed by atoms with Gasteiger partial charge in [-0.25, -0.2) is 0 Å². The average molecular weight is 382 g/mol. The molecule has 1 aromatic carbocycles. The molecule has 1 aliphatic heterocycles. The van der Waals surface area contributed by atoms with E-state index in [1.54, 1.807) is 35.2 Å². The molecule has 1 N–H and O–H groups in total. The number of nitrogens with zero attached hydrogens (tertiary/aromatic N) is 3. The van der Waals surface area contributed by atoms with Gasteiger partial charge < -0.3 is 4.57 Å². The molecule has 1 aliphatic rings. The number of nitro benzene ring substituents is 1. The Balaban J connectivity index is 1.92. The normalized spacial score (nSPS) is 15.8. The van der Waals surface area contributed by atoms with Crippen LogP contribution < -0.4 is 5.32 Å². The second-order valence-electron chi connectivity index (χ2n) is 5.65. The fourth-order valence-electron chi connectivity index (χ4n) is 2.58. The van der Waals surface area contributed by atoms with Gasteiger partial charge in [-0.3, -0.25) is 29.9 Å². The molecule has 27 heavy (non-hydrogen) atoms. The Morgan fingerprint density at radius 3 is 2.78 bits per heavy atom. The molecule has 2 heterocycles. The highest BCUT2D eigenvalue weighted by Crippen LogP contribution is 2.20. The first-order valence-electron chi connectivity index (χ1n) is 7.83. The lowest BCUT2D eigenvalue weighted by Crippen LogP contribution is -2.53. The van der Waals surface area contributed by atoms with E-state index >= 15 is 0 Å². The summed E-state index contributed by atoms with van der Waals surface area (Å²) in [5.74, 6) is -1.08. The molecule has 1 aromatic heterocycles. The summed E-state index contributed by atoms with van der Waals surface area (Å²) in [7, 11) is 0. The van der Waals surface area contributed by atoms with Gasteiger partial charge in [-0.05, 0) is 36.0 Å². The largest absolute Gasteiger partial charge is 0.323 e. The van der Waals surface area contributed by atoms with E-state index in [-0.39, 0.29) is 22.9 Å². The maximum atomic E-state index is 12.5. The molecule has 2 aromatic rings. The third kappa shape index (κ3) is 3.67. The Hall–Kier alpha value is -3.59. The number of hydrogen-bond acceptors (Lipinski definition) is 5. The van der Waals surface area contributed by atoms with E-state index in [0.29, 0.717) is 11.3 Å². The summed E-state index contributed by atoms with van der Waals surface area (Å²) in [5, 5.41) is 13.4. The molecule has 2 amide bonds. The monoisotopic (exact) mass is 382 g/mol. The Morgan fingerprint density at radius 2 is 2.07 bits per heavy atom. The molecule has 0 bridgehead atoms. The van der Waals surface area contributed by atoms with Crippen molar-refractivity contribution in [2.45, 2.75) is 0 Å². The highest BCUT2D eigenvalue weighted by molar-refractivity contribution is 7.80. The highest BCUT2D eigenvalue weighted by Gasteiger charge is 2.32. The number of benzene rings is 1. The van der Waals surface area contributed by atoms with Gasteiger partial charge in [0, 0.05) is 31.1 Å². The summed E-state index contributed by atoms with van der Waals surface area (Å²) < 4.78 is 1.66. The SMILES string of the molecule is C=CCN1C(=O)/C(=C/c2ccn(-c3cccc([N+](=O)[O-])c3)c2)C(=O)NC1=S. The number of thiocarbonyl (C=S) groups is 1. The number of nitrogens with one attached hydrogen (secondary N) is 1. The van der Waals surface area contributed by atoms with Gasteiger partial charge in [0.05, 0.1) is 10.6 Å². The van der Waals surface area contributed by atoms with Crippen molar-refractivity contribution >= 4 is 40.9 Å². The first kappa shape index (κ1) is 18.2. The van der Waals surface area contributed by atoms with Crippen LogP contribution in [0.2, 0.25) is 0 Å². The predicted octanol–water partition coefficient (Wildman–Crippen LogP) is 2.20. The van der Waals surface area contributed by atoms with Gasteiger partial charge in [-0.1, -0.05) is 12.1 Å². The van der Waals surface area contributed by atoms with Crippen LogP contribution in [0.1, 0.15) is 5.56 Å². The van der Waals surface area contributed by atoms with E-state index in [9.17, 15) is 19.7 Å². The maximum absolute atomic E-state index is 12.5. The number of aromatic nitrogens is 1. The zero-order valence-electron chi connectivity index (χ0n) is 14.0. The molecule has 3 rings (SSSR count). The van der Waals surface area contributed by atoms with Gasteiger partial charge in [0.2, 0.25) is 0 Å². The van der Waals surface area contributed by atoms with Crippen LogP contribution in [0.5, 0.6) is 0 Å². The summed E-state index contributed by atoms with van der Waals surface area (Å²) in [5.41, 5.74) is 1.09. The van der Waals surface area contributed by atoms with Crippen LogP contribution in [0.25, 0.3) is 11.8 Å². The van der Waals surface area contributed by atoms with Gasteiger partial charge in [0.15, 0.2) is 5.11 Å². The number of rotatable bonds is 5. The van der Waals surface area contributed by atoms with Crippen molar-refractivity contribution in [2.24, 2.45) is 0 Å². The topological polar surface area (TPSA) is 97.5 Å². The van der Waals surface area contributed by atoms with E-state index in [4.69, 9.17) is 12.2 Å². The fourth-order valence-corrected chi connectivity index (χ4v) is 2.83. The van der Waals surface area contributed by atoms with Gasteiger partial charge >= 0.3 is 0 Å². The summed E-state index contributed by atoms with van der Waals surface area (Å²) in [6, 6.07) is 7.82. The van der Waals surface area contributed by atoms with Gasteiger partial charge in [-0.15, -0.1) is 6.58 Å². The molecule has 0 saturated carbocycles. The maximum Gasteiger partial charge on any atom is 0.271 e. The number of carbonyl (C=O) groups excluding carboxylic acids is 2. The van der Waals surface area contributed by atoms with Crippen molar-refractivity contribution in [2.75, 3.05) is 6.54 Å². The molecular formula is C18H14N4O4S. The number of carbonyl (C=O) groups is 2. The van der Waals surface area contributed by atoms with Gasteiger partial charge in [0.1, 0.15) is 5.57 Å². The van der Waals surface area contributed by atoms with E-state index in [0.717, 1.165) is 0 Å². The summed E-state index contributed by atoms with van der Waals surface area (Å²) in [6.07, 6.45) is 6.31. The number of amides is 2. The molecule has 0 aliphatic carbocycles. The number of hydrogen-bond donors (Lipinski definition) is 1. The van der Waals surface area contributed by atoms with Crippen LogP contribution in [0.15, 0.2) is 61.0 Å². The molecule has 0 atom stereocenters. The van der Waals surface area contributed by atoms with Crippen molar-refractivity contribution in [1.29, 1.82) is 0 Å². The van der Waals surface area contributed by atoms with Crippen molar-refractivity contribution < 1.29 is 14.5 Å². The highest BCUT2D eigenvalue weighted by atomic mass is 32.1. The zero-order valence-corrected chi connectivity index (χ0v) is 14.8. The second-order valence-corrected chi connectivity index (χ2v) is 6.04. The lowest BCUT2D eigenvalue weighted by molar-refractivity contribution is -0.384. The first-order valence-corrected chi connectivity index (χ1v) is 8.24. The lowest BCUT2D eigenvalue weighted by atomic mass is 10.1. The Morgan fingerprint density at radius 1 is 1.30 bits per heavy atom. The lowest BCUT2D eigenvalue weighted by Gasteiger charge is -2.27. The minimum absolute atomic E-state index is 0.0310. The van der Waals surface area contributed by atoms with Crippen LogP contribution >= 0.6 is 12.2 Å². The molecule has 0 radical (unpaired) electrons. The molecule has 0 unspecified atom stereocenters. The minimum Gasteiger partial charge on any atom is -0.323 e. The summed E-state index contributed by atoms with van der Waals surface area (Å²) in [4.78, 5) is 36.3. The molecule has 1 saturated heterocycles. The van der Waals surface area contributed by atoms with Crippen molar-refractivity contribution in [1.82, 2.24) is 14.8 Å². The van der Waals surface area contributed by atoms with Crippen LogP contribution in [0.4, 0.5) is 5.69 Å². The summed E-state index contributed by atoms with van der Waals surface area (Å²) >= 11 is 5.00. The quantitative estimate of drug-likeness (QED) is 0.214. The average Bonchev–Trinajstić information content (AvgIpc) is 3.11. The Kier molecular flexibility index (Phi) is 4.95. The minimum atomic E-state index is -0.576. The number of non-ortho nitro benzene ring substituents is 1. The third-order valence-electron chi connectivity index (χ3n) is 3.86. The molecule has 8 nitrogen and oxygen atoms in total. The van der Waals surface area contributed by atoms with E-state index in [2.05, 4.69) is 11.9 Å². The molecule has 1 fully saturated rings. The van der Waals surface area contributed by atoms with Crippen LogP contribution in [-0.4, -0.2) is 37.9 Å². The Labute approximate surface area is 159 Å². The predicted molar refractivity (Wildman–Crippen MR) is 103 cm³/mol. The first-order chi connectivity index (χ1) is 12.9. The van der Waals surface area contributed by atoms with Gasteiger partial charge in [0.25, 0.3) is 17.5 Å². The fraction of sp³-hybridized carbons (Fsp3) is 0.0556. The standard InChI is InChI=1S/C18H14N4O4S/c1-2-7-21-17(24)15(16(23)19-18(21)27)9-12-6-8-20(11-12)13-4-3-5-14(10-13)22(25)26/h2-6,8-11H,1,7H2,(H,19,23,27)/b15-9+. The van der Waals surface area contributed by atoms with Crippen LogP contribution in [0.3, 0.4) is 0 Å². The van der Waals surface area contributed by atoms with Gasteiger partial charge in [-0.2, -0.15) is 0 Å². The summed E-state index contributed by atoms with van der Waals surface area (Å²) in [6.45, 7) is 3.76. The Bertz CT molecular complexity index is 1010. The van der Waals surface area contributed by atoms with Crippen LogP contribution in [0, 0.1) is 10.1 Å². The zero-order chi connectivity index (χ0) is 19.6. The van der Waals surface area contributed by atoms with E-state index in [1.807, 2.05) is 0 Å². The molecule has 136 valence electrons. The third-order valence-corrected chi connectivity index (χ3v) is 4.19. The van der Waals surface area contributed by atoms with Crippen LogP contribution in [-0.2, 0) is 9.59 Å². The second kappa shape index (κ2) is 7.34. The molecule has 0 spiro atoms.